The summed E-state index contributed by atoms with van der Waals surface area (Å²) in [5, 5.41) is 6.53. The van der Waals surface area contributed by atoms with Crippen molar-refractivity contribution in [3.8, 4) is 0 Å². The second-order valence-corrected chi connectivity index (χ2v) is 9.64. The van der Waals surface area contributed by atoms with Crippen LogP contribution >= 0.6 is 22.7 Å². The summed E-state index contributed by atoms with van der Waals surface area (Å²) in [4.78, 5) is 43.8. The van der Waals surface area contributed by atoms with Crippen molar-refractivity contribution in [2.45, 2.75) is 32.4 Å². The van der Waals surface area contributed by atoms with Crippen molar-refractivity contribution in [3.63, 3.8) is 0 Å². The van der Waals surface area contributed by atoms with Crippen LogP contribution in [0.25, 0.3) is 0 Å². The Labute approximate surface area is 184 Å². The fourth-order valence-electron chi connectivity index (χ4n) is 3.70. The summed E-state index contributed by atoms with van der Waals surface area (Å²) in [5.41, 5.74) is 5.53. The predicted octanol–water partition coefficient (Wildman–Crippen LogP) is 2.27. The second kappa shape index (κ2) is 10.2. The van der Waals surface area contributed by atoms with E-state index in [0.717, 1.165) is 0 Å². The summed E-state index contributed by atoms with van der Waals surface area (Å²) in [6, 6.07) is 6.41. The Morgan fingerprint density at radius 3 is 2.43 bits per heavy atom. The maximum atomic E-state index is 13.2. The molecule has 3 N–H and O–H groups in total. The number of amides is 3. The van der Waals surface area contributed by atoms with E-state index >= 15 is 0 Å². The van der Waals surface area contributed by atoms with E-state index in [1.54, 1.807) is 11.0 Å². The quantitative estimate of drug-likeness (QED) is 0.648. The van der Waals surface area contributed by atoms with Gasteiger partial charge in [0.1, 0.15) is 6.04 Å². The fraction of sp³-hybridized carbons (Fsp3) is 0.476. The van der Waals surface area contributed by atoms with E-state index in [4.69, 9.17) is 5.73 Å². The van der Waals surface area contributed by atoms with Crippen LogP contribution in [-0.4, -0.2) is 65.8 Å². The molecule has 0 aromatic carbocycles. The molecule has 162 valence electrons. The summed E-state index contributed by atoms with van der Waals surface area (Å²) >= 11 is 2.76. The number of carbonyl (C=O) groups excluding carboxylic acids is 3. The average Bonchev–Trinajstić information content (AvgIpc) is 3.49. The molecule has 1 aliphatic rings. The number of thiophene rings is 2. The van der Waals surface area contributed by atoms with E-state index in [2.05, 4.69) is 19.2 Å². The van der Waals surface area contributed by atoms with Crippen LogP contribution in [0, 0.1) is 5.92 Å². The lowest BCUT2D eigenvalue weighted by atomic mass is 10.1. The molecule has 3 amide bonds. The molecule has 2 atom stereocenters. The molecular weight excluding hydrogens is 420 g/mol. The number of hydrogen-bond acceptors (Lipinski definition) is 6. The maximum Gasteiger partial charge on any atom is 0.264 e. The molecule has 0 bridgehead atoms. The van der Waals surface area contributed by atoms with Crippen LogP contribution in [0.4, 0.5) is 0 Å². The van der Waals surface area contributed by atoms with Gasteiger partial charge in [-0.3, -0.25) is 14.4 Å². The SMILES string of the molecule is CC(C)CN(C(=O)c1cccs1)C1CC(C(=O)NCCN)N(C(=O)c2cccs2)C1. The monoisotopic (exact) mass is 448 g/mol. The van der Waals surface area contributed by atoms with E-state index in [-0.39, 0.29) is 29.7 Å². The van der Waals surface area contributed by atoms with Gasteiger partial charge in [0.25, 0.3) is 11.8 Å². The van der Waals surface area contributed by atoms with Crippen molar-refractivity contribution in [2.75, 3.05) is 26.2 Å². The fourth-order valence-corrected chi connectivity index (χ4v) is 5.06. The first-order chi connectivity index (χ1) is 14.4. The predicted molar refractivity (Wildman–Crippen MR) is 120 cm³/mol. The molecule has 3 rings (SSSR count). The molecule has 2 aromatic rings. The minimum atomic E-state index is -0.623. The van der Waals surface area contributed by atoms with Crippen LogP contribution < -0.4 is 11.1 Å². The van der Waals surface area contributed by atoms with Crippen LogP contribution in [0.1, 0.15) is 39.6 Å². The average molecular weight is 449 g/mol. The van der Waals surface area contributed by atoms with Crippen LogP contribution in [0.2, 0.25) is 0 Å². The molecule has 1 saturated heterocycles. The summed E-state index contributed by atoms with van der Waals surface area (Å²) < 4.78 is 0. The number of carbonyl (C=O) groups is 3. The standard InChI is InChI=1S/C21H28N4O3S2/c1-14(2)12-24(20(27)17-5-3-9-29-17)15-11-16(19(26)23-8-7-22)25(13-15)21(28)18-6-4-10-30-18/h3-6,9-10,14-16H,7-8,11-13,22H2,1-2H3,(H,23,26). The van der Waals surface area contributed by atoms with Gasteiger partial charge in [-0.05, 0) is 35.2 Å². The van der Waals surface area contributed by atoms with Crippen molar-refractivity contribution in [2.24, 2.45) is 11.7 Å². The first-order valence-corrected chi connectivity index (χ1v) is 11.8. The summed E-state index contributed by atoms with van der Waals surface area (Å²) in [6.07, 6.45) is 0.414. The molecule has 7 nitrogen and oxygen atoms in total. The molecule has 0 saturated carbocycles. The molecule has 1 fully saturated rings. The number of rotatable bonds is 8. The number of nitrogens with zero attached hydrogens (tertiary/aromatic N) is 2. The number of nitrogens with one attached hydrogen (secondary N) is 1. The Morgan fingerprint density at radius 2 is 1.87 bits per heavy atom. The summed E-state index contributed by atoms with van der Waals surface area (Å²) in [5.74, 6) is -0.176. The van der Waals surface area contributed by atoms with E-state index in [9.17, 15) is 14.4 Å². The topological polar surface area (TPSA) is 95.7 Å². The highest BCUT2D eigenvalue weighted by molar-refractivity contribution is 7.12. The molecular formula is C21H28N4O3S2. The Balaban J connectivity index is 1.86. The lowest BCUT2D eigenvalue weighted by molar-refractivity contribution is -0.124. The van der Waals surface area contributed by atoms with Crippen LogP contribution in [0.3, 0.4) is 0 Å². The molecule has 2 aromatic heterocycles. The van der Waals surface area contributed by atoms with E-state index in [0.29, 0.717) is 42.4 Å². The Morgan fingerprint density at radius 1 is 1.20 bits per heavy atom. The first-order valence-electron chi connectivity index (χ1n) is 10.1. The van der Waals surface area contributed by atoms with Gasteiger partial charge in [-0.2, -0.15) is 0 Å². The largest absolute Gasteiger partial charge is 0.353 e. The molecule has 0 aliphatic carbocycles. The highest BCUT2D eigenvalue weighted by atomic mass is 32.1. The summed E-state index contributed by atoms with van der Waals surface area (Å²) in [6.45, 7) is 5.70. The first kappa shape index (κ1) is 22.5. The van der Waals surface area contributed by atoms with Gasteiger partial charge in [0.15, 0.2) is 0 Å². The molecule has 9 heteroatoms. The van der Waals surface area contributed by atoms with Crippen LogP contribution in [-0.2, 0) is 4.79 Å². The smallest absolute Gasteiger partial charge is 0.264 e. The summed E-state index contributed by atoms with van der Waals surface area (Å²) in [7, 11) is 0. The third kappa shape index (κ3) is 5.08. The van der Waals surface area contributed by atoms with Crippen molar-refractivity contribution >= 4 is 40.4 Å². The number of hydrogen-bond donors (Lipinski definition) is 2. The van der Waals surface area contributed by atoms with Gasteiger partial charge in [-0.1, -0.05) is 26.0 Å². The van der Waals surface area contributed by atoms with Crippen LogP contribution in [0.5, 0.6) is 0 Å². The molecule has 0 spiro atoms. The van der Waals surface area contributed by atoms with E-state index in [1.165, 1.54) is 22.7 Å². The maximum absolute atomic E-state index is 13.2. The number of likely N-dealkylation sites (tertiary alicyclic amines) is 1. The van der Waals surface area contributed by atoms with Gasteiger partial charge >= 0.3 is 0 Å². The third-order valence-electron chi connectivity index (χ3n) is 5.01. The minimum Gasteiger partial charge on any atom is -0.353 e. The zero-order chi connectivity index (χ0) is 21.7. The second-order valence-electron chi connectivity index (χ2n) is 7.75. The Bertz CT molecular complexity index is 852. The molecule has 3 heterocycles. The number of nitrogens with two attached hydrogens (primary N) is 1. The zero-order valence-corrected chi connectivity index (χ0v) is 18.9. The third-order valence-corrected chi connectivity index (χ3v) is 6.73. The van der Waals surface area contributed by atoms with Crippen molar-refractivity contribution in [1.82, 2.24) is 15.1 Å². The molecule has 30 heavy (non-hydrogen) atoms. The van der Waals surface area contributed by atoms with Crippen molar-refractivity contribution in [1.29, 1.82) is 0 Å². The highest BCUT2D eigenvalue weighted by Gasteiger charge is 2.43. The van der Waals surface area contributed by atoms with Gasteiger partial charge in [0.05, 0.1) is 15.8 Å². The van der Waals surface area contributed by atoms with Crippen LogP contribution in [0.15, 0.2) is 35.0 Å². The van der Waals surface area contributed by atoms with Gasteiger partial charge in [-0.25, -0.2) is 0 Å². The molecule has 1 aliphatic heterocycles. The van der Waals surface area contributed by atoms with Gasteiger partial charge in [0.2, 0.25) is 5.91 Å². The van der Waals surface area contributed by atoms with Crippen molar-refractivity contribution < 1.29 is 14.4 Å². The minimum absolute atomic E-state index is 0.0461. The normalized spacial score (nSPS) is 18.6. The highest BCUT2D eigenvalue weighted by Crippen LogP contribution is 2.28. The molecule has 0 radical (unpaired) electrons. The van der Waals surface area contributed by atoms with Gasteiger partial charge in [-0.15, -0.1) is 22.7 Å². The van der Waals surface area contributed by atoms with Crippen molar-refractivity contribution in [3.05, 3.63) is 44.8 Å². The lowest BCUT2D eigenvalue weighted by Gasteiger charge is -2.30. The van der Waals surface area contributed by atoms with E-state index in [1.807, 2.05) is 33.9 Å². The van der Waals surface area contributed by atoms with Gasteiger partial charge < -0.3 is 20.9 Å². The Hall–Kier alpha value is -2.23. The molecule has 2 unspecified atom stereocenters. The lowest BCUT2D eigenvalue weighted by Crippen LogP contribution is -2.47. The van der Waals surface area contributed by atoms with Gasteiger partial charge in [0, 0.05) is 26.2 Å². The zero-order valence-electron chi connectivity index (χ0n) is 17.2. The van der Waals surface area contributed by atoms with E-state index < -0.39 is 6.04 Å². The Kier molecular flexibility index (Phi) is 7.63.